The number of rotatable bonds is 2. The highest BCUT2D eigenvalue weighted by atomic mass is 32.2. The van der Waals surface area contributed by atoms with Gasteiger partial charge in [0.25, 0.3) is 10.0 Å². The Hall–Kier alpha value is -1.18. The number of piperidine rings is 1. The second-order valence-corrected chi connectivity index (χ2v) is 6.65. The Labute approximate surface area is 106 Å². The van der Waals surface area contributed by atoms with Crippen molar-refractivity contribution in [3.8, 4) is 0 Å². The summed E-state index contributed by atoms with van der Waals surface area (Å²) in [6.07, 6.45) is 2.24. The van der Waals surface area contributed by atoms with Gasteiger partial charge in [-0.2, -0.15) is 4.31 Å². The van der Waals surface area contributed by atoms with E-state index < -0.39 is 15.6 Å². The molecule has 0 amide bonds. The molecule has 1 fully saturated rings. The topological polar surface area (TPSA) is 96.5 Å². The number of nitrogen functional groups attached to an aromatic ring is 1. The first-order valence-corrected chi connectivity index (χ1v) is 7.20. The van der Waals surface area contributed by atoms with Crippen molar-refractivity contribution in [1.82, 2.24) is 9.29 Å². The predicted octanol–water partition coefficient (Wildman–Crippen LogP) is 0.199. The number of pyridine rings is 1. The van der Waals surface area contributed by atoms with Crippen LogP contribution in [-0.4, -0.2) is 41.5 Å². The van der Waals surface area contributed by atoms with Crippen LogP contribution >= 0.6 is 0 Å². The zero-order chi connectivity index (χ0) is 13.4. The van der Waals surface area contributed by atoms with E-state index in [1.807, 2.05) is 0 Å². The lowest BCUT2D eigenvalue weighted by Crippen LogP contribution is -2.45. The first kappa shape index (κ1) is 13.3. The smallest absolute Gasteiger partial charge is 0.262 e. The Morgan fingerprint density at radius 3 is 2.61 bits per heavy atom. The Kier molecular flexibility index (Phi) is 3.31. The lowest BCUT2D eigenvalue weighted by molar-refractivity contribution is 0.0125. The number of hydrogen-bond acceptors (Lipinski definition) is 5. The number of hydrogen-bond donors (Lipinski definition) is 2. The van der Waals surface area contributed by atoms with Gasteiger partial charge in [-0.05, 0) is 31.9 Å². The zero-order valence-electron chi connectivity index (χ0n) is 10.2. The van der Waals surface area contributed by atoms with Crippen LogP contribution in [0.3, 0.4) is 0 Å². The van der Waals surface area contributed by atoms with E-state index in [1.54, 1.807) is 13.0 Å². The van der Waals surface area contributed by atoms with Gasteiger partial charge in [-0.1, -0.05) is 0 Å². The summed E-state index contributed by atoms with van der Waals surface area (Å²) in [6.45, 7) is 2.28. The minimum atomic E-state index is -3.66. The van der Waals surface area contributed by atoms with Crippen LogP contribution in [0.5, 0.6) is 0 Å². The maximum atomic E-state index is 12.3. The Balaban J connectivity index is 2.26. The second kappa shape index (κ2) is 4.49. The van der Waals surface area contributed by atoms with Crippen LogP contribution in [0.1, 0.15) is 19.8 Å². The molecule has 1 aromatic heterocycles. The average Bonchev–Trinajstić information content (AvgIpc) is 2.28. The Morgan fingerprint density at radius 2 is 2.06 bits per heavy atom. The molecule has 100 valence electrons. The number of aromatic nitrogens is 1. The third-order valence-corrected chi connectivity index (χ3v) is 5.06. The van der Waals surface area contributed by atoms with Crippen LogP contribution in [-0.2, 0) is 10.0 Å². The fourth-order valence-electron chi connectivity index (χ4n) is 1.95. The molecule has 0 aromatic carbocycles. The molecule has 6 nitrogen and oxygen atoms in total. The number of nitrogens with two attached hydrogens (primary N) is 1. The number of sulfonamides is 1. The summed E-state index contributed by atoms with van der Waals surface area (Å²) in [4.78, 5) is 3.84. The van der Waals surface area contributed by atoms with Crippen molar-refractivity contribution in [2.75, 3.05) is 18.8 Å². The molecule has 7 heteroatoms. The third-order valence-electron chi connectivity index (χ3n) is 3.18. The molecule has 2 rings (SSSR count). The molecule has 2 heterocycles. The molecule has 3 N–H and O–H groups in total. The van der Waals surface area contributed by atoms with Gasteiger partial charge in [0.15, 0.2) is 5.03 Å². The lowest BCUT2D eigenvalue weighted by atomic mass is 9.95. The molecule has 0 aliphatic carbocycles. The van der Waals surface area contributed by atoms with Crippen molar-refractivity contribution in [2.45, 2.75) is 30.4 Å². The average molecular weight is 271 g/mol. The highest BCUT2D eigenvalue weighted by Gasteiger charge is 2.35. The van der Waals surface area contributed by atoms with E-state index >= 15 is 0 Å². The summed E-state index contributed by atoms with van der Waals surface area (Å²) < 4.78 is 26.0. The van der Waals surface area contributed by atoms with Gasteiger partial charge in [0, 0.05) is 19.3 Å². The van der Waals surface area contributed by atoms with Crippen molar-refractivity contribution in [3.05, 3.63) is 18.3 Å². The van der Waals surface area contributed by atoms with Crippen LogP contribution in [0.25, 0.3) is 0 Å². The maximum Gasteiger partial charge on any atom is 0.262 e. The van der Waals surface area contributed by atoms with Crippen LogP contribution in [0.15, 0.2) is 23.4 Å². The van der Waals surface area contributed by atoms with Gasteiger partial charge in [0.1, 0.15) is 0 Å². The van der Waals surface area contributed by atoms with E-state index in [-0.39, 0.29) is 23.8 Å². The van der Waals surface area contributed by atoms with Gasteiger partial charge in [-0.25, -0.2) is 13.4 Å². The van der Waals surface area contributed by atoms with Crippen molar-refractivity contribution >= 4 is 15.7 Å². The monoisotopic (exact) mass is 271 g/mol. The number of aliphatic hydroxyl groups is 1. The van der Waals surface area contributed by atoms with Crippen molar-refractivity contribution in [2.24, 2.45) is 0 Å². The molecule has 0 radical (unpaired) electrons. The molecule has 18 heavy (non-hydrogen) atoms. The summed E-state index contributed by atoms with van der Waals surface area (Å²) in [5.41, 5.74) is 5.01. The van der Waals surface area contributed by atoms with Gasteiger partial charge in [0.05, 0.1) is 11.3 Å². The first-order valence-electron chi connectivity index (χ1n) is 5.76. The molecule has 1 saturated heterocycles. The summed E-state index contributed by atoms with van der Waals surface area (Å²) in [5, 5.41) is 9.72. The normalized spacial score (nSPS) is 20.8. The molecule has 0 atom stereocenters. The van der Waals surface area contributed by atoms with E-state index in [0.29, 0.717) is 12.8 Å². The molecular formula is C11H17N3O3S. The van der Waals surface area contributed by atoms with E-state index in [9.17, 15) is 13.5 Å². The summed E-state index contributed by atoms with van der Waals surface area (Å²) >= 11 is 0. The molecule has 0 unspecified atom stereocenters. The standard InChI is InChI=1S/C11H17N3O3S/c1-11(15)4-7-14(8-5-11)18(16,17)10-9(12)3-2-6-13-10/h2-3,6,15H,4-5,7-8,12H2,1H3. The minimum Gasteiger partial charge on any atom is -0.396 e. The fraction of sp³-hybridized carbons (Fsp3) is 0.545. The summed E-state index contributed by atoms with van der Waals surface area (Å²) in [7, 11) is -3.66. The Morgan fingerprint density at radius 1 is 1.44 bits per heavy atom. The van der Waals surface area contributed by atoms with Gasteiger partial charge in [0.2, 0.25) is 0 Å². The minimum absolute atomic E-state index is 0.105. The van der Waals surface area contributed by atoms with Crippen LogP contribution < -0.4 is 5.73 Å². The van der Waals surface area contributed by atoms with E-state index in [2.05, 4.69) is 4.98 Å². The second-order valence-electron chi connectivity index (χ2n) is 4.80. The van der Waals surface area contributed by atoms with Crippen LogP contribution in [0.2, 0.25) is 0 Å². The number of anilines is 1. The van der Waals surface area contributed by atoms with Crippen molar-refractivity contribution < 1.29 is 13.5 Å². The maximum absolute atomic E-state index is 12.3. The third kappa shape index (κ3) is 2.47. The van der Waals surface area contributed by atoms with E-state index in [4.69, 9.17) is 5.73 Å². The molecule has 1 aromatic rings. The summed E-state index contributed by atoms with van der Waals surface area (Å²) in [6, 6.07) is 3.11. The quantitative estimate of drug-likeness (QED) is 0.801. The highest BCUT2D eigenvalue weighted by Crippen LogP contribution is 2.27. The van der Waals surface area contributed by atoms with Gasteiger partial charge < -0.3 is 10.8 Å². The highest BCUT2D eigenvalue weighted by molar-refractivity contribution is 7.89. The van der Waals surface area contributed by atoms with Crippen LogP contribution in [0, 0.1) is 0 Å². The largest absolute Gasteiger partial charge is 0.396 e. The molecule has 1 aliphatic rings. The molecule has 0 spiro atoms. The van der Waals surface area contributed by atoms with E-state index in [0.717, 1.165) is 0 Å². The van der Waals surface area contributed by atoms with Crippen molar-refractivity contribution in [1.29, 1.82) is 0 Å². The molecule has 1 aliphatic heterocycles. The summed E-state index contributed by atoms with van der Waals surface area (Å²) in [5.74, 6) is 0. The first-order chi connectivity index (χ1) is 8.33. The van der Waals surface area contributed by atoms with Gasteiger partial charge >= 0.3 is 0 Å². The van der Waals surface area contributed by atoms with Crippen LogP contribution in [0.4, 0.5) is 5.69 Å². The lowest BCUT2D eigenvalue weighted by Gasteiger charge is -2.34. The van der Waals surface area contributed by atoms with Gasteiger partial charge in [-0.15, -0.1) is 0 Å². The zero-order valence-corrected chi connectivity index (χ0v) is 11.0. The predicted molar refractivity (Wildman–Crippen MR) is 67.3 cm³/mol. The molecular weight excluding hydrogens is 254 g/mol. The SMILES string of the molecule is CC1(O)CCN(S(=O)(=O)c2ncccc2N)CC1. The van der Waals surface area contributed by atoms with Crippen molar-refractivity contribution in [3.63, 3.8) is 0 Å². The number of nitrogens with zero attached hydrogens (tertiary/aromatic N) is 2. The molecule has 0 saturated carbocycles. The fourth-order valence-corrected chi connectivity index (χ4v) is 3.42. The molecule has 0 bridgehead atoms. The Bertz CT molecular complexity index is 532. The van der Waals surface area contributed by atoms with E-state index in [1.165, 1.54) is 16.6 Å². The van der Waals surface area contributed by atoms with Gasteiger partial charge in [-0.3, -0.25) is 0 Å².